The van der Waals surface area contributed by atoms with Crippen LogP contribution in [-0.2, 0) is 0 Å². The van der Waals surface area contributed by atoms with E-state index in [1.807, 2.05) is 6.07 Å². The minimum Gasteiger partial charge on any atom is -0.370 e. The minimum atomic E-state index is 1.01. The fourth-order valence-corrected chi connectivity index (χ4v) is 0.754. The number of aromatic nitrogens is 2. The number of aromatic amines is 1. The Labute approximate surface area is 60.8 Å². The number of nitrogens with one attached hydrogen (secondary N) is 2. The van der Waals surface area contributed by atoms with Crippen molar-refractivity contribution in [3.8, 4) is 0 Å². The third kappa shape index (κ3) is 2.09. The quantitative estimate of drug-likeness (QED) is 0.622. The maximum absolute atomic E-state index is 3.81. The van der Waals surface area contributed by atoms with Gasteiger partial charge in [-0.25, -0.2) is 0 Å². The summed E-state index contributed by atoms with van der Waals surface area (Å²) in [5.74, 6) is 1.01. The summed E-state index contributed by atoms with van der Waals surface area (Å²) in [7, 11) is 0. The van der Waals surface area contributed by atoms with Crippen LogP contribution in [0.25, 0.3) is 0 Å². The molecule has 0 aliphatic heterocycles. The largest absolute Gasteiger partial charge is 0.370 e. The molecule has 3 nitrogen and oxygen atoms in total. The molecule has 0 bridgehead atoms. The zero-order chi connectivity index (χ0) is 7.23. The van der Waals surface area contributed by atoms with Gasteiger partial charge in [0.05, 0.1) is 6.20 Å². The average molecular weight is 139 g/mol. The Hall–Kier alpha value is -0.990. The van der Waals surface area contributed by atoms with E-state index in [2.05, 4.69) is 22.4 Å². The van der Waals surface area contributed by atoms with Crippen molar-refractivity contribution < 1.29 is 0 Å². The molecule has 0 aliphatic carbocycles. The van der Waals surface area contributed by atoms with Gasteiger partial charge in [-0.05, 0) is 12.5 Å². The highest BCUT2D eigenvalue weighted by atomic mass is 15.2. The lowest BCUT2D eigenvalue weighted by atomic mass is 10.3. The van der Waals surface area contributed by atoms with Gasteiger partial charge in [-0.1, -0.05) is 13.3 Å². The Kier molecular flexibility index (Phi) is 2.80. The molecule has 2 N–H and O–H groups in total. The molecular formula is C7H13N3. The van der Waals surface area contributed by atoms with E-state index >= 15 is 0 Å². The van der Waals surface area contributed by atoms with Gasteiger partial charge >= 0.3 is 0 Å². The number of anilines is 1. The minimum absolute atomic E-state index is 1.01. The van der Waals surface area contributed by atoms with Crippen LogP contribution in [0.5, 0.6) is 0 Å². The van der Waals surface area contributed by atoms with Crippen LogP contribution in [0.2, 0.25) is 0 Å². The first-order chi connectivity index (χ1) is 4.93. The highest BCUT2D eigenvalue weighted by Gasteiger charge is 1.88. The second-order valence-electron chi connectivity index (χ2n) is 2.25. The molecule has 1 heterocycles. The van der Waals surface area contributed by atoms with Gasteiger partial charge < -0.3 is 5.32 Å². The molecule has 0 spiro atoms. The molecular weight excluding hydrogens is 126 g/mol. The zero-order valence-electron chi connectivity index (χ0n) is 6.22. The van der Waals surface area contributed by atoms with Gasteiger partial charge in [0, 0.05) is 6.54 Å². The van der Waals surface area contributed by atoms with Crippen LogP contribution in [0, 0.1) is 0 Å². The van der Waals surface area contributed by atoms with E-state index in [0.717, 1.165) is 12.4 Å². The molecule has 0 aromatic carbocycles. The number of unbranched alkanes of at least 4 members (excludes halogenated alkanes) is 1. The van der Waals surface area contributed by atoms with Crippen LogP contribution >= 0.6 is 0 Å². The summed E-state index contributed by atoms with van der Waals surface area (Å²) in [6.07, 6.45) is 4.18. The fraction of sp³-hybridized carbons (Fsp3) is 0.571. The standard InChI is InChI=1S/C7H13N3/c1-2-3-5-8-7-4-6-9-10-7/h4,6H,2-3,5H2,1H3,(H2,8,9,10). The van der Waals surface area contributed by atoms with E-state index in [4.69, 9.17) is 0 Å². The third-order valence-electron chi connectivity index (χ3n) is 1.35. The van der Waals surface area contributed by atoms with Gasteiger partial charge in [0.1, 0.15) is 5.82 Å². The summed E-state index contributed by atoms with van der Waals surface area (Å²) in [5, 5.41) is 9.86. The molecule has 0 radical (unpaired) electrons. The third-order valence-corrected chi connectivity index (χ3v) is 1.35. The van der Waals surface area contributed by atoms with Gasteiger partial charge in [0.25, 0.3) is 0 Å². The number of nitrogens with zero attached hydrogens (tertiary/aromatic N) is 1. The van der Waals surface area contributed by atoms with Crippen molar-refractivity contribution in [1.82, 2.24) is 10.2 Å². The topological polar surface area (TPSA) is 40.7 Å². The molecule has 0 saturated heterocycles. The smallest absolute Gasteiger partial charge is 0.121 e. The first-order valence-electron chi connectivity index (χ1n) is 3.66. The second-order valence-corrected chi connectivity index (χ2v) is 2.25. The summed E-state index contributed by atoms with van der Waals surface area (Å²) in [6.45, 7) is 3.20. The normalized spacial score (nSPS) is 9.70. The summed E-state index contributed by atoms with van der Waals surface area (Å²) in [6, 6.07) is 1.93. The monoisotopic (exact) mass is 139 g/mol. The van der Waals surface area contributed by atoms with E-state index in [1.54, 1.807) is 6.20 Å². The molecule has 0 fully saturated rings. The lowest BCUT2D eigenvalue weighted by Gasteiger charge is -1.99. The lowest BCUT2D eigenvalue weighted by Crippen LogP contribution is -2.00. The Morgan fingerprint density at radius 2 is 2.60 bits per heavy atom. The Morgan fingerprint density at radius 1 is 1.70 bits per heavy atom. The molecule has 3 heteroatoms. The molecule has 0 amide bonds. The van der Waals surface area contributed by atoms with Crippen molar-refractivity contribution in [2.45, 2.75) is 19.8 Å². The van der Waals surface area contributed by atoms with Gasteiger partial charge in [0.15, 0.2) is 0 Å². The average Bonchev–Trinajstić information content (AvgIpc) is 2.41. The van der Waals surface area contributed by atoms with Crippen LogP contribution in [0.4, 0.5) is 5.82 Å². The van der Waals surface area contributed by atoms with Gasteiger partial charge in [-0.2, -0.15) is 5.10 Å². The summed E-state index contributed by atoms with van der Waals surface area (Å²) < 4.78 is 0. The van der Waals surface area contributed by atoms with Crippen LogP contribution < -0.4 is 5.32 Å². The first-order valence-corrected chi connectivity index (χ1v) is 3.66. The van der Waals surface area contributed by atoms with Crippen LogP contribution in [-0.4, -0.2) is 16.7 Å². The van der Waals surface area contributed by atoms with E-state index in [0.29, 0.717) is 0 Å². The van der Waals surface area contributed by atoms with E-state index in [-0.39, 0.29) is 0 Å². The van der Waals surface area contributed by atoms with Crippen molar-refractivity contribution >= 4 is 5.82 Å². The summed E-state index contributed by atoms with van der Waals surface area (Å²) in [5.41, 5.74) is 0. The maximum atomic E-state index is 3.81. The molecule has 1 aromatic rings. The van der Waals surface area contributed by atoms with Crippen molar-refractivity contribution in [3.63, 3.8) is 0 Å². The number of H-pyrrole nitrogens is 1. The van der Waals surface area contributed by atoms with Gasteiger partial charge in [-0.15, -0.1) is 0 Å². The van der Waals surface area contributed by atoms with Crippen molar-refractivity contribution in [2.75, 3.05) is 11.9 Å². The number of rotatable bonds is 4. The molecule has 1 aromatic heterocycles. The predicted molar refractivity (Wildman–Crippen MR) is 42.0 cm³/mol. The van der Waals surface area contributed by atoms with Crippen LogP contribution in [0.3, 0.4) is 0 Å². The first kappa shape index (κ1) is 7.12. The molecule has 56 valence electrons. The number of hydrogen-bond donors (Lipinski definition) is 2. The van der Waals surface area contributed by atoms with Crippen molar-refractivity contribution in [2.24, 2.45) is 0 Å². The number of hydrogen-bond acceptors (Lipinski definition) is 2. The Bertz CT molecular complexity index is 157. The van der Waals surface area contributed by atoms with Gasteiger partial charge in [0.2, 0.25) is 0 Å². The van der Waals surface area contributed by atoms with Crippen LogP contribution in [0.1, 0.15) is 19.8 Å². The SMILES string of the molecule is CCCCNc1ccn[nH]1. The predicted octanol–water partition coefficient (Wildman–Crippen LogP) is 1.62. The maximum Gasteiger partial charge on any atom is 0.121 e. The summed E-state index contributed by atoms with van der Waals surface area (Å²) in [4.78, 5) is 0. The highest BCUT2D eigenvalue weighted by molar-refractivity contribution is 5.31. The van der Waals surface area contributed by atoms with E-state index < -0.39 is 0 Å². The summed E-state index contributed by atoms with van der Waals surface area (Å²) >= 11 is 0. The molecule has 0 atom stereocenters. The van der Waals surface area contributed by atoms with Crippen molar-refractivity contribution in [3.05, 3.63) is 12.3 Å². The Morgan fingerprint density at radius 3 is 3.20 bits per heavy atom. The Balaban J connectivity index is 2.15. The van der Waals surface area contributed by atoms with Gasteiger partial charge in [-0.3, -0.25) is 5.10 Å². The lowest BCUT2D eigenvalue weighted by molar-refractivity contribution is 0.830. The molecule has 0 saturated carbocycles. The molecule has 0 aliphatic rings. The molecule has 0 unspecified atom stereocenters. The molecule has 1 rings (SSSR count). The second kappa shape index (κ2) is 3.93. The fourth-order valence-electron chi connectivity index (χ4n) is 0.754. The van der Waals surface area contributed by atoms with E-state index in [1.165, 1.54) is 12.8 Å². The molecule has 10 heavy (non-hydrogen) atoms. The van der Waals surface area contributed by atoms with Crippen LogP contribution in [0.15, 0.2) is 12.3 Å². The van der Waals surface area contributed by atoms with Crippen molar-refractivity contribution in [1.29, 1.82) is 0 Å². The highest BCUT2D eigenvalue weighted by Crippen LogP contribution is 1.98. The van der Waals surface area contributed by atoms with E-state index in [9.17, 15) is 0 Å². The zero-order valence-corrected chi connectivity index (χ0v) is 6.22.